The molecule has 0 bridgehead atoms. The van der Waals surface area contributed by atoms with Crippen LogP contribution in [0.4, 0.5) is 0 Å². The highest BCUT2D eigenvalue weighted by molar-refractivity contribution is 4.88. The predicted octanol–water partition coefficient (Wildman–Crippen LogP) is 4.18. The molecule has 0 aromatic heterocycles. The van der Waals surface area contributed by atoms with Crippen LogP contribution < -0.4 is 5.32 Å². The van der Waals surface area contributed by atoms with E-state index in [-0.39, 0.29) is 0 Å². The topological polar surface area (TPSA) is 24.5 Å². The number of hydrogen-bond acceptors (Lipinski definition) is 3. The summed E-state index contributed by atoms with van der Waals surface area (Å²) in [6, 6.07) is 0. The summed E-state index contributed by atoms with van der Waals surface area (Å²) in [4.78, 5) is 2.26. The molecule has 1 heterocycles. The van der Waals surface area contributed by atoms with Crippen LogP contribution in [0.2, 0.25) is 0 Å². The summed E-state index contributed by atoms with van der Waals surface area (Å²) in [5, 5.41) is 3.68. The van der Waals surface area contributed by atoms with Gasteiger partial charge in [-0.05, 0) is 83.1 Å². The van der Waals surface area contributed by atoms with Crippen LogP contribution in [0.1, 0.15) is 66.2 Å². The van der Waals surface area contributed by atoms with Gasteiger partial charge in [0.05, 0.1) is 6.10 Å². The summed E-state index contributed by atoms with van der Waals surface area (Å²) >= 11 is 0. The molecule has 1 aliphatic rings. The van der Waals surface area contributed by atoms with E-state index in [1.54, 1.807) is 0 Å². The third-order valence-electron chi connectivity index (χ3n) is 5.39. The van der Waals surface area contributed by atoms with Crippen LogP contribution in [0.5, 0.6) is 0 Å². The highest BCUT2D eigenvalue weighted by atomic mass is 16.5. The second kappa shape index (κ2) is 10.7. The van der Waals surface area contributed by atoms with E-state index < -0.39 is 0 Å². The minimum Gasteiger partial charge on any atom is -0.378 e. The summed E-state index contributed by atoms with van der Waals surface area (Å²) in [5.74, 6) is 1.45. The van der Waals surface area contributed by atoms with Crippen molar-refractivity contribution >= 4 is 0 Å². The first-order valence-electron chi connectivity index (χ1n) is 9.82. The first kappa shape index (κ1) is 20.9. The van der Waals surface area contributed by atoms with Crippen LogP contribution in [-0.2, 0) is 4.74 Å². The van der Waals surface area contributed by atoms with Gasteiger partial charge in [-0.2, -0.15) is 0 Å². The molecule has 1 N–H and O–H groups in total. The second-order valence-electron chi connectivity index (χ2n) is 8.70. The molecule has 1 fully saturated rings. The van der Waals surface area contributed by atoms with E-state index >= 15 is 0 Å². The van der Waals surface area contributed by atoms with Gasteiger partial charge in [-0.15, -0.1) is 0 Å². The van der Waals surface area contributed by atoms with Crippen molar-refractivity contribution in [3.63, 3.8) is 0 Å². The van der Waals surface area contributed by atoms with Gasteiger partial charge in [-0.25, -0.2) is 0 Å². The second-order valence-corrected chi connectivity index (χ2v) is 8.70. The van der Waals surface area contributed by atoms with Crippen LogP contribution in [0, 0.1) is 17.3 Å². The maximum absolute atomic E-state index is 6.05. The maximum Gasteiger partial charge on any atom is 0.0603 e. The van der Waals surface area contributed by atoms with Crippen LogP contribution in [0.15, 0.2) is 0 Å². The zero-order valence-electron chi connectivity index (χ0n) is 16.7. The lowest BCUT2D eigenvalue weighted by molar-refractivity contribution is -0.0761. The highest BCUT2D eigenvalue weighted by Crippen LogP contribution is 2.43. The molecule has 1 rings (SSSR count). The van der Waals surface area contributed by atoms with Crippen LogP contribution in [0.25, 0.3) is 0 Å². The molecular formula is C20H42N2O. The first-order valence-corrected chi connectivity index (χ1v) is 9.82. The molecule has 2 unspecified atom stereocenters. The third kappa shape index (κ3) is 8.51. The fraction of sp³-hybridized carbons (Fsp3) is 1.00. The summed E-state index contributed by atoms with van der Waals surface area (Å²) in [7, 11) is 4.30. The molecule has 0 aromatic rings. The smallest absolute Gasteiger partial charge is 0.0603 e. The van der Waals surface area contributed by atoms with Gasteiger partial charge in [0.15, 0.2) is 0 Å². The fourth-order valence-electron chi connectivity index (χ4n) is 3.62. The van der Waals surface area contributed by atoms with Crippen molar-refractivity contribution in [2.75, 3.05) is 40.3 Å². The molecular weight excluding hydrogens is 284 g/mol. The number of nitrogens with zero attached hydrogens (tertiary/aromatic N) is 1. The molecule has 1 aliphatic heterocycles. The number of ether oxygens (including phenoxy) is 1. The van der Waals surface area contributed by atoms with Crippen molar-refractivity contribution in [3.05, 3.63) is 0 Å². The average Bonchev–Trinajstić information content (AvgIpc) is 2.49. The lowest BCUT2D eigenvalue weighted by atomic mass is 9.69. The molecule has 0 aliphatic carbocycles. The van der Waals surface area contributed by atoms with Gasteiger partial charge in [0, 0.05) is 6.61 Å². The summed E-state index contributed by atoms with van der Waals surface area (Å²) in [6.07, 6.45) is 8.25. The molecule has 138 valence electrons. The Labute approximate surface area is 145 Å². The number of hydrogen-bond donors (Lipinski definition) is 1. The zero-order chi connectivity index (χ0) is 17.3. The fourth-order valence-corrected chi connectivity index (χ4v) is 3.62. The van der Waals surface area contributed by atoms with E-state index in [1.165, 1.54) is 45.1 Å². The lowest BCUT2D eigenvalue weighted by Crippen LogP contribution is -2.40. The molecule has 3 heteroatoms. The van der Waals surface area contributed by atoms with E-state index in [9.17, 15) is 0 Å². The zero-order valence-corrected chi connectivity index (χ0v) is 16.7. The summed E-state index contributed by atoms with van der Waals surface area (Å²) in [5.41, 5.74) is 0.506. The van der Waals surface area contributed by atoms with E-state index in [4.69, 9.17) is 4.74 Å². The molecule has 0 radical (unpaired) electrons. The van der Waals surface area contributed by atoms with Gasteiger partial charge in [0.25, 0.3) is 0 Å². The Kier molecular flexibility index (Phi) is 9.72. The first-order chi connectivity index (χ1) is 10.8. The molecule has 3 nitrogen and oxygen atoms in total. The predicted molar refractivity (Wildman–Crippen MR) is 101 cm³/mol. The SMILES string of the molecule is CC(C)CCC1(CCNCCCN(C)C)CCOC(C(C)C)C1. The molecule has 2 atom stereocenters. The van der Waals surface area contributed by atoms with Crippen molar-refractivity contribution in [3.8, 4) is 0 Å². The lowest BCUT2D eigenvalue weighted by Gasteiger charge is -2.43. The molecule has 23 heavy (non-hydrogen) atoms. The van der Waals surface area contributed by atoms with Gasteiger partial charge < -0.3 is 15.0 Å². The van der Waals surface area contributed by atoms with Crippen molar-refractivity contribution in [1.29, 1.82) is 0 Å². The highest BCUT2D eigenvalue weighted by Gasteiger charge is 2.37. The molecule has 0 spiro atoms. The van der Waals surface area contributed by atoms with Crippen molar-refractivity contribution < 1.29 is 4.74 Å². The Hall–Kier alpha value is -0.120. The summed E-state index contributed by atoms with van der Waals surface area (Å²) < 4.78 is 6.05. The molecule has 0 saturated carbocycles. The largest absolute Gasteiger partial charge is 0.378 e. The van der Waals surface area contributed by atoms with E-state index in [0.29, 0.717) is 17.4 Å². The van der Waals surface area contributed by atoms with Crippen LogP contribution in [-0.4, -0.2) is 51.3 Å². The minimum atomic E-state index is 0.463. The maximum atomic E-state index is 6.05. The van der Waals surface area contributed by atoms with E-state index in [2.05, 4.69) is 52.0 Å². The number of rotatable bonds is 11. The Morgan fingerprint density at radius 1 is 1.13 bits per heavy atom. The van der Waals surface area contributed by atoms with Crippen molar-refractivity contribution in [2.24, 2.45) is 17.3 Å². The van der Waals surface area contributed by atoms with E-state index in [1.807, 2.05) is 0 Å². The molecule has 1 saturated heterocycles. The molecule has 0 aromatic carbocycles. The van der Waals surface area contributed by atoms with Gasteiger partial charge in [-0.1, -0.05) is 34.1 Å². The van der Waals surface area contributed by atoms with Crippen LogP contribution >= 0.6 is 0 Å². The Bertz CT molecular complexity index is 304. The Morgan fingerprint density at radius 2 is 1.87 bits per heavy atom. The average molecular weight is 327 g/mol. The van der Waals surface area contributed by atoms with Crippen molar-refractivity contribution in [1.82, 2.24) is 10.2 Å². The van der Waals surface area contributed by atoms with Crippen LogP contribution in [0.3, 0.4) is 0 Å². The Balaban J connectivity index is 2.45. The number of nitrogens with one attached hydrogen (secondary N) is 1. The minimum absolute atomic E-state index is 0.463. The normalized spacial score (nSPS) is 25.7. The van der Waals surface area contributed by atoms with Gasteiger partial charge in [-0.3, -0.25) is 0 Å². The summed E-state index contributed by atoms with van der Waals surface area (Å²) in [6.45, 7) is 13.8. The standard InChI is InChI=1S/C20H42N2O/c1-17(2)8-9-20(10-13-21-12-7-14-22(5)6)11-15-23-19(16-20)18(3)4/h17-19,21H,7-16H2,1-6H3. The van der Waals surface area contributed by atoms with Crippen molar-refractivity contribution in [2.45, 2.75) is 72.3 Å². The quantitative estimate of drug-likeness (QED) is 0.577. The van der Waals surface area contributed by atoms with Gasteiger partial charge >= 0.3 is 0 Å². The Morgan fingerprint density at radius 3 is 2.48 bits per heavy atom. The molecule has 0 amide bonds. The van der Waals surface area contributed by atoms with E-state index in [0.717, 1.165) is 25.6 Å². The van der Waals surface area contributed by atoms with Gasteiger partial charge in [0.2, 0.25) is 0 Å². The third-order valence-corrected chi connectivity index (χ3v) is 5.39. The van der Waals surface area contributed by atoms with Gasteiger partial charge in [0.1, 0.15) is 0 Å². The monoisotopic (exact) mass is 326 g/mol.